The van der Waals surface area contributed by atoms with Crippen molar-refractivity contribution in [3.05, 3.63) is 29.8 Å². The number of unbranched alkanes of at least 4 members (excludes halogenated alkanes) is 9. The molecule has 1 aromatic rings. The van der Waals surface area contributed by atoms with Gasteiger partial charge in [0.05, 0.1) is 6.61 Å². The minimum Gasteiger partial charge on any atom is -0.494 e. The Morgan fingerprint density at radius 3 is 2.11 bits per heavy atom. The number of piperazine rings is 1. The summed E-state index contributed by atoms with van der Waals surface area (Å²) in [4.78, 5) is 4.95. The second-order valence-electron chi connectivity index (χ2n) is 8.26. The molecule has 0 aromatic heterocycles. The molecule has 0 atom stereocenters. The Hall–Kier alpha value is -1.06. The summed E-state index contributed by atoms with van der Waals surface area (Å²) in [5.74, 6) is 1.04. The van der Waals surface area contributed by atoms with Crippen LogP contribution < -0.4 is 4.74 Å². The summed E-state index contributed by atoms with van der Waals surface area (Å²) in [6, 6.07) is 8.70. The van der Waals surface area contributed by atoms with Gasteiger partial charge in [0.25, 0.3) is 0 Å². The van der Waals surface area contributed by atoms with Crippen LogP contribution in [0.15, 0.2) is 24.3 Å². The van der Waals surface area contributed by atoms with Gasteiger partial charge in [-0.3, -0.25) is 4.90 Å². The summed E-state index contributed by atoms with van der Waals surface area (Å²) in [5.41, 5.74) is 1.38. The van der Waals surface area contributed by atoms with Crippen LogP contribution in [0.1, 0.15) is 76.7 Å². The van der Waals surface area contributed by atoms with E-state index in [4.69, 9.17) is 4.74 Å². The predicted molar refractivity (Wildman–Crippen MR) is 117 cm³/mol. The monoisotopic (exact) mass is 374 g/mol. The summed E-state index contributed by atoms with van der Waals surface area (Å²) >= 11 is 0. The molecule has 0 aliphatic carbocycles. The van der Waals surface area contributed by atoms with E-state index in [1.165, 1.54) is 96.0 Å². The van der Waals surface area contributed by atoms with E-state index in [1.54, 1.807) is 0 Å². The maximum atomic E-state index is 6.00. The predicted octanol–water partition coefficient (Wildman–Crippen LogP) is 5.73. The van der Waals surface area contributed by atoms with Crippen LogP contribution in [0.5, 0.6) is 5.75 Å². The fraction of sp³-hybridized carbons (Fsp3) is 0.750. The van der Waals surface area contributed by atoms with E-state index in [2.05, 4.69) is 48.0 Å². The molecule has 0 unspecified atom stereocenters. The summed E-state index contributed by atoms with van der Waals surface area (Å²) in [7, 11) is 2.21. The van der Waals surface area contributed by atoms with Gasteiger partial charge < -0.3 is 9.64 Å². The SMILES string of the molecule is CCCCCCCCCCCCOc1cccc(CN2CCN(C)CC2)c1. The minimum absolute atomic E-state index is 0.856. The van der Waals surface area contributed by atoms with E-state index in [-0.39, 0.29) is 0 Å². The largest absolute Gasteiger partial charge is 0.494 e. The highest BCUT2D eigenvalue weighted by atomic mass is 16.5. The molecule has 1 saturated heterocycles. The van der Waals surface area contributed by atoms with Crippen LogP contribution in [0.2, 0.25) is 0 Å². The minimum atomic E-state index is 0.856. The van der Waals surface area contributed by atoms with Gasteiger partial charge in [-0.15, -0.1) is 0 Å². The second kappa shape index (κ2) is 14.0. The molecule has 1 heterocycles. The average molecular weight is 375 g/mol. The van der Waals surface area contributed by atoms with Crippen molar-refractivity contribution in [1.29, 1.82) is 0 Å². The lowest BCUT2D eigenvalue weighted by Crippen LogP contribution is -2.43. The fourth-order valence-electron chi connectivity index (χ4n) is 3.78. The smallest absolute Gasteiger partial charge is 0.119 e. The zero-order valence-electron chi connectivity index (χ0n) is 17.9. The first kappa shape index (κ1) is 22.2. The van der Waals surface area contributed by atoms with Crippen LogP contribution in [-0.2, 0) is 6.54 Å². The third-order valence-corrected chi connectivity index (χ3v) is 5.67. The highest BCUT2D eigenvalue weighted by molar-refractivity contribution is 5.28. The first-order valence-electron chi connectivity index (χ1n) is 11.4. The van der Waals surface area contributed by atoms with Gasteiger partial charge in [-0.05, 0) is 31.2 Å². The van der Waals surface area contributed by atoms with Crippen molar-refractivity contribution in [2.24, 2.45) is 0 Å². The Kier molecular flexibility index (Phi) is 11.5. The van der Waals surface area contributed by atoms with E-state index in [9.17, 15) is 0 Å². The number of rotatable bonds is 14. The summed E-state index contributed by atoms with van der Waals surface area (Å²) in [6.45, 7) is 8.87. The molecule has 1 fully saturated rings. The van der Waals surface area contributed by atoms with Gasteiger partial charge in [0.15, 0.2) is 0 Å². The van der Waals surface area contributed by atoms with Crippen molar-refractivity contribution in [3.8, 4) is 5.75 Å². The number of ether oxygens (including phenoxy) is 1. The van der Waals surface area contributed by atoms with Crippen LogP contribution in [0.3, 0.4) is 0 Å². The Bertz CT molecular complexity index is 483. The Labute approximate surface area is 168 Å². The molecule has 0 radical (unpaired) electrons. The summed E-state index contributed by atoms with van der Waals surface area (Å²) < 4.78 is 6.00. The molecule has 3 nitrogen and oxygen atoms in total. The zero-order chi connectivity index (χ0) is 19.2. The van der Waals surface area contributed by atoms with E-state index < -0.39 is 0 Å². The van der Waals surface area contributed by atoms with Crippen molar-refractivity contribution >= 4 is 0 Å². The Morgan fingerprint density at radius 1 is 0.815 bits per heavy atom. The van der Waals surface area contributed by atoms with Gasteiger partial charge in [0.1, 0.15) is 5.75 Å². The molecular formula is C24H42N2O. The summed E-state index contributed by atoms with van der Waals surface area (Å²) in [5, 5.41) is 0. The lowest BCUT2D eigenvalue weighted by Gasteiger charge is -2.32. The van der Waals surface area contributed by atoms with Crippen LogP contribution >= 0.6 is 0 Å². The molecule has 2 rings (SSSR count). The van der Waals surface area contributed by atoms with E-state index >= 15 is 0 Å². The van der Waals surface area contributed by atoms with Crippen molar-refractivity contribution in [3.63, 3.8) is 0 Å². The third-order valence-electron chi connectivity index (χ3n) is 5.67. The standard InChI is InChI=1S/C24H42N2O/c1-3-4-5-6-7-8-9-10-11-12-20-27-24-15-13-14-23(21-24)22-26-18-16-25(2)17-19-26/h13-15,21H,3-12,16-20,22H2,1-2H3. The second-order valence-corrected chi connectivity index (χ2v) is 8.26. The molecule has 0 saturated carbocycles. The highest BCUT2D eigenvalue weighted by Gasteiger charge is 2.13. The highest BCUT2D eigenvalue weighted by Crippen LogP contribution is 2.17. The molecular weight excluding hydrogens is 332 g/mol. The van der Waals surface area contributed by atoms with E-state index in [0.29, 0.717) is 0 Å². The summed E-state index contributed by atoms with van der Waals surface area (Å²) in [6.07, 6.45) is 13.7. The third kappa shape index (κ3) is 10.2. The molecule has 0 spiro atoms. The molecule has 0 amide bonds. The van der Waals surface area contributed by atoms with Gasteiger partial charge in [-0.1, -0.05) is 76.8 Å². The van der Waals surface area contributed by atoms with Gasteiger partial charge in [-0.25, -0.2) is 0 Å². The van der Waals surface area contributed by atoms with Crippen LogP contribution in [-0.4, -0.2) is 49.6 Å². The molecule has 3 heteroatoms. The van der Waals surface area contributed by atoms with Crippen LogP contribution in [0.25, 0.3) is 0 Å². The fourth-order valence-corrected chi connectivity index (χ4v) is 3.78. The molecule has 1 aromatic carbocycles. The zero-order valence-corrected chi connectivity index (χ0v) is 17.9. The molecule has 0 N–H and O–H groups in total. The van der Waals surface area contributed by atoms with Crippen LogP contribution in [0.4, 0.5) is 0 Å². The number of hydrogen-bond acceptors (Lipinski definition) is 3. The van der Waals surface area contributed by atoms with Gasteiger partial charge in [0.2, 0.25) is 0 Å². The first-order valence-corrected chi connectivity index (χ1v) is 11.4. The first-order chi connectivity index (χ1) is 13.3. The molecule has 0 bridgehead atoms. The molecule has 1 aliphatic rings. The molecule has 27 heavy (non-hydrogen) atoms. The molecule has 154 valence electrons. The lowest BCUT2D eigenvalue weighted by molar-refractivity contribution is 0.148. The van der Waals surface area contributed by atoms with Gasteiger partial charge >= 0.3 is 0 Å². The van der Waals surface area contributed by atoms with E-state index in [1.807, 2.05) is 0 Å². The maximum absolute atomic E-state index is 6.00. The van der Waals surface area contributed by atoms with Crippen molar-refractivity contribution in [1.82, 2.24) is 9.80 Å². The quantitative estimate of drug-likeness (QED) is 0.387. The van der Waals surface area contributed by atoms with E-state index in [0.717, 1.165) is 18.9 Å². The average Bonchev–Trinajstić information content (AvgIpc) is 2.68. The van der Waals surface area contributed by atoms with Crippen LogP contribution in [0, 0.1) is 0 Å². The topological polar surface area (TPSA) is 15.7 Å². The van der Waals surface area contributed by atoms with Crippen molar-refractivity contribution < 1.29 is 4.74 Å². The Morgan fingerprint density at radius 2 is 1.44 bits per heavy atom. The Balaban J connectivity index is 1.51. The number of likely N-dealkylation sites (N-methyl/N-ethyl adjacent to an activating group) is 1. The van der Waals surface area contributed by atoms with Crippen molar-refractivity contribution in [2.45, 2.75) is 77.7 Å². The number of hydrogen-bond donors (Lipinski definition) is 0. The lowest BCUT2D eigenvalue weighted by atomic mass is 10.1. The van der Waals surface area contributed by atoms with Gasteiger partial charge in [-0.2, -0.15) is 0 Å². The molecule has 1 aliphatic heterocycles. The normalized spacial score (nSPS) is 15.9. The maximum Gasteiger partial charge on any atom is 0.119 e. The van der Waals surface area contributed by atoms with Crippen molar-refractivity contribution in [2.75, 3.05) is 39.8 Å². The number of benzene rings is 1. The van der Waals surface area contributed by atoms with Gasteiger partial charge in [0, 0.05) is 32.7 Å². The number of nitrogens with zero attached hydrogens (tertiary/aromatic N) is 2.